The van der Waals surface area contributed by atoms with Crippen molar-refractivity contribution in [1.29, 1.82) is 0 Å². The first-order valence-electron chi connectivity index (χ1n) is 25.3. The lowest BCUT2D eigenvalue weighted by Gasteiger charge is -2.54. The zero-order chi connectivity index (χ0) is 46.3. The van der Waals surface area contributed by atoms with Gasteiger partial charge in [-0.25, -0.2) is 0 Å². The molecule has 4 heteroatoms. The summed E-state index contributed by atoms with van der Waals surface area (Å²) < 4.78 is 0. The Kier molecular flexibility index (Phi) is 8.48. The number of fused-ring (bicyclic) bond motifs is 12. The Labute approximate surface area is 396 Å². The van der Waals surface area contributed by atoms with E-state index in [4.69, 9.17) is 0 Å². The smallest absolute Gasteiger partial charge is 0.252 e. The van der Waals surface area contributed by atoms with Gasteiger partial charge in [0.15, 0.2) is 0 Å². The maximum Gasteiger partial charge on any atom is 0.252 e. The Morgan fingerprint density at radius 2 is 1.12 bits per heavy atom. The van der Waals surface area contributed by atoms with Gasteiger partial charge < -0.3 is 14.7 Å². The molecule has 1 saturated carbocycles. The van der Waals surface area contributed by atoms with E-state index in [1.54, 1.807) is 0 Å². The number of anilines is 7. The zero-order valence-electron chi connectivity index (χ0n) is 42.1. The molecule has 0 amide bonds. The molecule has 4 aliphatic heterocycles. The maximum absolute atomic E-state index is 2.90. The molecule has 4 heterocycles. The van der Waals surface area contributed by atoms with E-state index < -0.39 is 0 Å². The van der Waals surface area contributed by atoms with Gasteiger partial charge in [0.2, 0.25) is 0 Å². The second-order valence-electron chi connectivity index (χ2n) is 25.3. The normalized spacial score (nSPS) is 25.7. The van der Waals surface area contributed by atoms with Crippen LogP contribution in [0.5, 0.6) is 0 Å². The van der Waals surface area contributed by atoms with Crippen LogP contribution in [0.2, 0.25) is 0 Å². The summed E-state index contributed by atoms with van der Waals surface area (Å²) in [5, 5.41) is 0. The van der Waals surface area contributed by atoms with Gasteiger partial charge in [0.1, 0.15) is 0 Å². The first-order chi connectivity index (χ1) is 31.1. The van der Waals surface area contributed by atoms with E-state index in [2.05, 4.69) is 220 Å². The second kappa shape index (κ2) is 13.3. The van der Waals surface area contributed by atoms with Crippen molar-refractivity contribution >= 4 is 62.9 Å². The van der Waals surface area contributed by atoms with Gasteiger partial charge in [0, 0.05) is 50.6 Å². The molecule has 0 bridgehead atoms. The molecule has 0 aromatic heterocycles. The van der Waals surface area contributed by atoms with E-state index in [-0.39, 0.29) is 44.9 Å². The number of aryl methyl sites for hydroxylation is 1. The van der Waals surface area contributed by atoms with Crippen molar-refractivity contribution in [3.63, 3.8) is 0 Å². The van der Waals surface area contributed by atoms with Crippen LogP contribution in [0.15, 0.2) is 115 Å². The third-order valence-corrected chi connectivity index (χ3v) is 18.7. The van der Waals surface area contributed by atoms with Crippen LogP contribution in [0.3, 0.4) is 0 Å². The fraction of sp³-hybridized carbons (Fsp3) is 0.419. The number of hydrogen-bond acceptors (Lipinski definition) is 3. The van der Waals surface area contributed by atoms with E-state index >= 15 is 0 Å². The van der Waals surface area contributed by atoms with Crippen molar-refractivity contribution in [3.8, 4) is 0 Å². The largest absolute Gasteiger partial charge is 0.334 e. The first-order valence-corrected chi connectivity index (χ1v) is 25.3. The van der Waals surface area contributed by atoms with Crippen LogP contribution in [0.25, 0.3) is 0 Å². The molecule has 0 spiro atoms. The minimum absolute atomic E-state index is 0.00475. The number of para-hydroxylation sites is 1. The summed E-state index contributed by atoms with van der Waals surface area (Å²) in [4.78, 5) is 8.45. The van der Waals surface area contributed by atoms with Gasteiger partial charge in [-0.3, -0.25) is 0 Å². The number of benzene rings is 6. The Morgan fingerprint density at radius 1 is 0.470 bits per heavy atom. The number of rotatable bonds is 2. The number of hydrogen-bond donors (Lipinski definition) is 0. The lowest BCUT2D eigenvalue weighted by molar-refractivity contribution is 0.195. The van der Waals surface area contributed by atoms with Crippen molar-refractivity contribution in [3.05, 3.63) is 154 Å². The Morgan fingerprint density at radius 3 is 1.88 bits per heavy atom. The van der Waals surface area contributed by atoms with Crippen LogP contribution in [0, 0.1) is 0 Å². The lowest BCUT2D eigenvalue weighted by atomic mass is 9.33. The summed E-state index contributed by atoms with van der Waals surface area (Å²) in [7, 11) is 0. The van der Waals surface area contributed by atoms with Gasteiger partial charge in [0.05, 0.1) is 11.1 Å². The highest BCUT2D eigenvalue weighted by Crippen LogP contribution is 2.66. The van der Waals surface area contributed by atoms with Crippen LogP contribution in [0.1, 0.15) is 161 Å². The molecular weight excluding hydrogens is 798 g/mol. The second-order valence-corrected chi connectivity index (χ2v) is 25.3. The monoisotopic (exact) mass is 868 g/mol. The third-order valence-electron chi connectivity index (χ3n) is 18.7. The molecule has 2 aliphatic carbocycles. The van der Waals surface area contributed by atoms with Gasteiger partial charge >= 0.3 is 0 Å². The summed E-state index contributed by atoms with van der Waals surface area (Å²) in [6.07, 6.45) is 7.08. The Balaban J connectivity index is 1.23. The highest BCUT2D eigenvalue weighted by atomic mass is 15.3. The summed E-state index contributed by atoms with van der Waals surface area (Å²) >= 11 is 0. The predicted octanol–water partition coefficient (Wildman–Crippen LogP) is 14.2. The van der Waals surface area contributed by atoms with Crippen molar-refractivity contribution in [2.75, 3.05) is 14.7 Å². The average Bonchev–Trinajstić information content (AvgIpc) is 3.62. The van der Waals surface area contributed by atoms with Gasteiger partial charge in [-0.2, -0.15) is 0 Å². The van der Waals surface area contributed by atoms with Gasteiger partial charge in [-0.1, -0.05) is 168 Å². The minimum Gasteiger partial charge on any atom is -0.334 e. The first kappa shape index (κ1) is 42.2. The van der Waals surface area contributed by atoms with Crippen molar-refractivity contribution in [2.24, 2.45) is 0 Å². The Bertz CT molecular complexity index is 3050. The highest BCUT2D eigenvalue weighted by molar-refractivity contribution is 7.00. The van der Waals surface area contributed by atoms with Crippen LogP contribution in [-0.4, -0.2) is 12.3 Å². The Hall–Kier alpha value is -5.22. The van der Waals surface area contributed by atoms with Crippen LogP contribution in [-0.2, 0) is 39.0 Å². The summed E-state index contributed by atoms with van der Waals surface area (Å²) in [6, 6.07) is 46.7. The summed E-state index contributed by atoms with van der Waals surface area (Å²) in [5.74, 6) is 0. The molecule has 6 aliphatic rings. The van der Waals surface area contributed by atoms with E-state index in [0.717, 1.165) is 19.3 Å². The zero-order valence-corrected chi connectivity index (χ0v) is 42.1. The molecule has 336 valence electrons. The minimum atomic E-state index is -0.307. The molecule has 0 radical (unpaired) electrons. The fourth-order valence-electron chi connectivity index (χ4n) is 14.4. The predicted molar refractivity (Wildman–Crippen MR) is 283 cm³/mol. The lowest BCUT2D eigenvalue weighted by Crippen LogP contribution is -2.64. The molecule has 3 nitrogen and oxygen atoms in total. The van der Waals surface area contributed by atoms with E-state index in [0.29, 0.717) is 0 Å². The number of nitrogens with zero attached hydrogens (tertiary/aromatic N) is 3. The average molecular weight is 868 g/mol. The molecule has 6 aromatic rings. The van der Waals surface area contributed by atoms with Crippen molar-refractivity contribution in [2.45, 2.75) is 167 Å². The van der Waals surface area contributed by atoms with Gasteiger partial charge in [0.25, 0.3) is 6.71 Å². The fourth-order valence-corrected chi connectivity index (χ4v) is 14.4. The summed E-state index contributed by atoms with van der Waals surface area (Å²) in [5.41, 5.74) is 23.4. The standard InChI is InChI=1S/C62H70BN3/c1-56(2,3)40-21-18-22-43(34-40)64-51-36-42(58(7,8)9)26-28-48(51)63-49-25-19-24-46-55(49)66(62(13)45-23-15-14-20-39(45)30-33-60(46,62)11)53-38-44(37-52(64)54(53)63)65-50-29-27-41(57(4,5)6)35-47(50)59(10)31-16-17-32-61(59,65)12/h14-15,18-29,34-38H,16-17,30-33H2,1-13H3. The molecule has 66 heavy (non-hydrogen) atoms. The topological polar surface area (TPSA) is 9.72 Å². The van der Waals surface area contributed by atoms with Crippen LogP contribution >= 0.6 is 0 Å². The van der Waals surface area contributed by atoms with Crippen molar-refractivity contribution < 1.29 is 0 Å². The highest BCUT2D eigenvalue weighted by Gasteiger charge is 2.64. The molecule has 0 saturated heterocycles. The van der Waals surface area contributed by atoms with E-state index in [1.807, 2.05) is 0 Å². The quantitative estimate of drug-likeness (QED) is 0.160. The molecule has 6 aromatic carbocycles. The molecule has 1 fully saturated rings. The molecule has 12 rings (SSSR count). The molecule has 4 atom stereocenters. The third kappa shape index (κ3) is 5.28. The summed E-state index contributed by atoms with van der Waals surface area (Å²) in [6.45, 7) is 31.8. The van der Waals surface area contributed by atoms with Crippen LogP contribution < -0.4 is 31.1 Å². The maximum atomic E-state index is 2.90. The van der Waals surface area contributed by atoms with E-state index in [9.17, 15) is 0 Å². The SMILES string of the molecule is CC(C)(C)c1cccc(N2c3cc(C(C)(C)C)ccc3B3c4cccc5c4N(c4cc(N6c7ccc(C(C)(C)C)cc7C7(C)CCCCC67C)cc2c43)C2(C)c3ccccc3CCC52C)c1. The molecule has 0 N–H and O–H groups in total. The van der Waals surface area contributed by atoms with E-state index in [1.165, 1.54) is 114 Å². The van der Waals surface area contributed by atoms with Gasteiger partial charge in [-0.05, 0) is 148 Å². The van der Waals surface area contributed by atoms with Crippen molar-refractivity contribution in [1.82, 2.24) is 0 Å². The molecule has 4 unspecified atom stereocenters. The molecular formula is C62H70BN3. The van der Waals surface area contributed by atoms with Gasteiger partial charge in [-0.15, -0.1) is 0 Å². The van der Waals surface area contributed by atoms with Crippen LogP contribution in [0.4, 0.5) is 39.8 Å².